The average molecular weight is 435 g/mol. The van der Waals surface area contributed by atoms with Crippen LogP contribution in [-0.2, 0) is 17.9 Å². The molecule has 2 aromatic carbocycles. The Kier molecular flexibility index (Phi) is 7.75. The lowest BCUT2D eigenvalue weighted by molar-refractivity contribution is -0.384. The Morgan fingerprint density at radius 1 is 0.969 bits per heavy atom. The number of nitro benzene ring substituents is 1. The molecule has 0 N–H and O–H groups in total. The van der Waals surface area contributed by atoms with Crippen molar-refractivity contribution in [3.05, 3.63) is 100.0 Å². The van der Waals surface area contributed by atoms with Gasteiger partial charge in [0.1, 0.15) is 12.3 Å². The number of nitrogens with zero attached hydrogens (tertiary/aromatic N) is 3. The maximum atomic E-state index is 13.3. The van der Waals surface area contributed by atoms with E-state index in [1.807, 2.05) is 37.3 Å². The second-order valence-electron chi connectivity index (χ2n) is 7.35. The summed E-state index contributed by atoms with van der Waals surface area (Å²) in [5.41, 5.74) is 0.975. The Balaban J connectivity index is 1.79. The third-order valence-corrected chi connectivity index (χ3v) is 4.91. The lowest BCUT2D eigenvalue weighted by Gasteiger charge is -2.27. The van der Waals surface area contributed by atoms with Gasteiger partial charge in [0.2, 0.25) is 5.91 Å². The Hall–Kier alpha value is -3.94. The van der Waals surface area contributed by atoms with E-state index in [0.29, 0.717) is 25.3 Å². The molecule has 0 aliphatic carbocycles. The molecule has 0 bridgehead atoms. The molecule has 0 saturated heterocycles. The fourth-order valence-corrected chi connectivity index (χ4v) is 3.35. The van der Waals surface area contributed by atoms with Crippen LogP contribution < -0.4 is 0 Å². The van der Waals surface area contributed by atoms with Crippen LogP contribution in [0.1, 0.15) is 35.0 Å². The smallest absolute Gasteiger partial charge is 0.270 e. The first-order valence-corrected chi connectivity index (χ1v) is 10.4. The molecule has 0 unspecified atom stereocenters. The van der Waals surface area contributed by atoms with Gasteiger partial charge in [-0.25, -0.2) is 0 Å². The summed E-state index contributed by atoms with van der Waals surface area (Å²) < 4.78 is 5.42. The monoisotopic (exact) mass is 435 g/mol. The van der Waals surface area contributed by atoms with E-state index >= 15 is 0 Å². The van der Waals surface area contributed by atoms with Crippen molar-refractivity contribution in [1.82, 2.24) is 9.80 Å². The SMILES string of the molecule is CCCN(CC(=O)N(Cc1ccccc1)Cc1ccco1)C(=O)c1cccc([N+](=O)[O-])c1. The second kappa shape index (κ2) is 10.9. The molecular formula is C24H25N3O5. The van der Waals surface area contributed by atoms with E-state index < -0.39 is 10.8 Å². The molecule has 0 aliphatic rings. The van der Waals surface area contributed by atoms with Crippen LogP contribution in [0.25, 0.3) is 0 Å². The molecule has 0 spiro atoms. The van der Waals surface area contributed by atoms with Crippen LogP contribution in [0.3, 0.4) is 0 Å². The van der Waals surface area contributed by atoms with E-state index in [1.165, 1.54) is 29.2 Å². The Bertz CT molecular complexity index is 1050. The van der Waals surface area contributed by atoms with E-state index in [1.54, 1.807) is 23.3 Å². The van der Waals surface area contributed by atoms with Crippen molar-refractivity contribution in [1.29, 1.82) is 0 Å². The molecule has 8 heteroatoms. The highest BCUT2D eigenvalue weighted by atomic mass is 16.6. The molecule has 2 amide bonds. The second-order valence-corrected chi connectivity index (χ2v) is 7.35. The fourth-order valence-electron chi connectivity index (χ4n) is 3.35. The van der Waals surface area contributed by atoms with Crippen LogP contribution in [0, 0.1) is 10.1 Å². The molecule has 32 heavy (non-hydrogen) atoms. The number of furan rings is 1. The molecule has 1 aromatic heterocycles. The third kappa shape index (κ3) is 6.04. The van der Waals surface area contributed by atoms with Crippen molar-refractivity contribution in [2.75, 3.05) is 13.1 Å². The van der Waals surface area contributed by atoms with Crippen molar-refractivity contribution >= 4 is 17.5 Å². The summed E-state index contributed by atoms with van der Waals surface area (Å²) in [6.45, 7) is 2.76. The highest BCUT2D eigenvalue weighted by Crippen LogP contribution is 2.16. The summed E-state index contributed by atoms with van der Waals surface area (Å²) in [6, 6.07) is 18.7. The van der Waals surface area contributed by atoms with Crippen molar-refractivity contribution in [2.24, 2.45) is 0 Å². The Labute approximate surface area is 186 Å². The highest BCUT2D eigenvalue weighted by molar-refractivity contribution is 5.97. The zero-order valence-corrected chi connectivity index (χ0v) is 17.8. The maximum absolute atomic E-state index is 13.3. The number of non-ortho nitro benzene ring substituents is 1. The van der Waals surface area contributed by atoms with Crippen molar-refractivity contribution in [2.45, 2.75) is 26.4 Å². The van der Waals surface area contributed by atoms with Crippen LogP contribution in [-0.4, -0.2) is 39.6 Å². The van der Waals surface area contributed by atoms with Crippen LogP contribution in [0.4, 0.5) is 5.69 Å². The van der Waals surface area contributed by atoms with Gasteiger partial charge in [0.05, 0.1) is 17.7 Å². The summed E-state index contributed by atoms with van der Waals surface area (Å²) in [6.07, 6.45) is 2.19. The number of hydrogen-bond donors (Lipinski definition) is 0. The molecule has 0 fully saturated rings. The molecule has 8 nitrogen and oxygen atoms in total. The van der Waals surface area contributed by atoms with Gasteiger partial charge in [-0.3, -0.25) is 19.7 Å². The topological polar surface area (TPSA) is 96.9 Å². The first-order chi connectivity index (χ1) is 15.5. The highest BCUT2D eigenvalue weighted by Gasteiger charge is 2.24. The molecule has 0 aliphatic heterocycles. The van der Waals surface area contributed by atoms with Crippen molar-refractivity contribution in [3.63, 3.8) is 0 Å². The molecule has 166 valence electrons. The van der Waals surface area contributed by atoms with Crippen molar-refractivity contribution in [3.8, 4) is 0 Å². The van der Waals surface area contributed by atoms with Gasteiger partial charge in [0.25, 0.3) is 11.6 Å². The average Bonchev–Trinajstić information content (AvgIpc) is 3.32. The first-order valence-electron chi connectivity index (χ1n) is 10.4. The molecule has 0 saturated carbocycles. The summed E-state index contributed by atoms with van der Waals surface area (Å²) >= 11 is 0. The molecule has 0 radical (unpaired) electrons. The summed E-state index contributed by atoms with van der Waals surface area (Å²) in [4.78, 5) is 39.9. The number of carbonyl (C=O) groups excluding carboxylic acids is 2. The number of carbonyl (C=O) groups is 2. The van der Waals surface area contributed by atoms with Gasteiger partial charge in [-0.2, -0.15) is 0 Å². The normalized spacial score (nSPS) is 10.5. The zero-order chi connectivity index (χ0) is 22.9. The number of rotatable bonds is 10. The molecule has 1 heterocycles. The van der Waals surface area contributed by atoms with Gasteiger partial charge in [-0.15, -0.1) is 0 Å². The van der Waals surface area contributed by atoms with Gasteiger partial charge in [0.15, 0.2) is 0 Å². The molecule has 3 rings (SSSR count). The van der Waals surface area contributed by atoms with E-state index in [9.17, 15) is 19.7 Å². The van der Waals surface area contributed by atoms with Crippen LogP contribution >= 0.6 is 0 Å². The quantitative estimate of drug-likeness (QED) is 0.350. The number of benzene rings is 2. The van der Waals surface area contributed by atoms with Gasteiger partial charge < -0.3 is 14.2 Å². The van der Waals surface area contributed by atoms with Crippen LogP contribution in [0.5, 0.6) is 0 Å². The maximum Gasteiger partial charge on any atom is 0.270 e. The Morgan fingerprint density at radius 2 is 1.75 bits per heavy atom. The van der Waals surface area contributed by atoms with Crippen molar-refractivity contribution < 1.29 is 18.9 Å². The predicted octanol–water partition coefficient (Wildman–Crippen LogP) is 4.27. The van der Waals surface area contributed by atoms with Crippen LogP contribution in [0.15, 0.2) is 77.4 Å². The van der Waals surface area contributed by atoms with E-state index in [2.05, 4.69) is 0 Å². The minimum Gasteiger partial charge on any atom is -0.467 e. The van der Waals surface area contributed by atoms with E-state index in [-0.39, 0.29) is 30.2 Å². The van der Waals surface area contributed by atoms with E-state index in [4.69, 9.17) is 4.42 Å². The minimum absolute atomic E-state index is 0.136. The molecule has 0 atom stereocenters. The number of amides is 2. The number of hydrogen-bond acceptors (Lipinski definition) is 5. The standard InChI is InChI=1S/C24H25N3O5/c1-2-13-25(24(29)20-10-6-11-21(15-20)27(30)31)18-23(28)26(17-22-12-7-14-32-22)16-19-8-4-3-5-9-19/h3-12,14-15H,2,13,16-18H2,1H3. The minimum atomic E-state index is -0.545. The fraction of sp³-hybridized carbons (Fsp3) is 0.250. The van der Waals surface area contributed by atoms with Gasteiger partial charge in [0, 0.05) is 30.8 Å². The summed E-state index contributed by atoms with van der Waals surface area (Å²) in [7, 11) is 0. The molecular weight excluding hydrogens is 410 g/mol. The van der Waals surface area contributed by atoms with Gasteiger partial charge in [-0.1, -0.05) is 43.3 Å². The lowest BCUT2D eigenvalue weighted by atomic mass is 10.1. The van der Waals surface area contributed by atoms with Gasteiger partial charge >= 0.3 is 0 Å². The lowest BCUT2D eigenvalue weighted by Crippen LogP contribution is -2.42. The molecule has 3 aromatic rings. The van der Waals surface area contributed by atoms with E-state index in [0.717, 1.165) is 5.56 Å². The van der Waals surface area contributed by atoms with Crippen LogP contribution in [0.2, 0.25) is 0 Å². The predicted molar refractivity (Wildman–Crippen MR) is 119 cm³/mol. The number of nitro groups is 1. The largest absolute Gasteiger partial charge is 0.467 e. The zero-order valence-electron chi connectivity index (χ0n) is 17.8. The summed E-state index contributed by atoms with van der Waals surface area (Å²) in [5, 5.41) is 11.1. The third-order valence-electron chi connectivity index (χ3n) is 4.91. The Morgan fingerprint density at radius 3 is 2.41 bits per heavy atom. The van der Waals surface area contributed by atoms with Gasteiger partial charge in [-0.05, 0) is 30.2 Å². The first kappa shape index (κ1) is 22.7. The summed E-state index contributed by atoms with van der Waals surface area (Å²) in [5.74, 6) is -0.0135.